The normalized spacial score (nSPS) is 12.4. The number of hydrogen-bond donors (Lipinski definition) is 2. The molecule has 7 heteroatoms. The van der Waals surface area contributed by atoms with Crippen LogP contribution in [0.5, 0.6) is 0 Å². The van der Waals surface area contributed by atoms with Gasteiger partial charge in [0.2, 0.25) is 15.9 Å². The lowest BCUT2D eigenvalue weighted by atomic mass is 10.1. The van der Waals surface area contributed by atoms with Crippen molar-refractivity contribution >= 4 is 15.9 Å². The van der Waals surface area contributed by atoms with E-state index in [9.17, 15) is 13.2 Å². The van der Waals surface area contributed by atoms with E-state index in [1.807, 2.05) is 13.0 Å². The second kappa shape index (κ2) is 7.76. The first kappa shape index (κ1) is 17.1. The highest BCUT2D eigenvalue weighted by molar-refractivity contribution is 7.88. The lowest BCUT2D eigenvalue weighted by Crippen LogP contribution is -2.45. The highest BCUT2D eigenvalue weighted by atomic mass is 32.2. The van der Waals surface area contributed by atoms with E-state index in [-0.39, 0.29) is 11.7 Å². The zero-order valence-electron chi connectivity index (χ0n) is 12.1. The molecule has 1 aromatic carbocycles. The maximum atomic E-state index is 12.1. The van der Waals surface area contributed by atoms with Gasteiger partial charge in [-0.15, -0.1) is 0 Å². The van der Waals surface area contributed by atoms with Crippen LogP contribution in [-0.4, -0.2) is 26.9 Å². The monoisotopic (exact) mass is 309 g/mol. The Morgan fingerprint density at radius 1 is 1.38 bits per heavy atom. The summed E-state index contributed by atoms with van der Waals surface area (Å²) in [7, 11) is -3.70. The van der Waals surface area contributed by atoms with Crippen LogP contribution in [0.3, 0.4) is 0 Å². The quantitative estimate of drug-likeness (QED) is 0.781. The lowest BCUT2D eigenvalue weighted by Gasteiger charge is -2.14. The van der Waals surface area contributed by atoms with Crippen LogP contribution in [0.4, 0.5) is 0 Å². The number of rotatable bonds is 7. The lowest BCUT2D eigenvalue weighted by molar-refractivity contribution is -0.122. The van der Waals surface area contributed by atoms with Crippen molar-refractivity contribution in [2.24, 2.45) is 0 Å². The minimum Gasteiger partial charge on any atom is -0.355 e. The minimum atomic E-state index is -3.70. The Labute approximate surface area is 125 Å². The molecule has 1 unspecified atom stereocenters. The molecular weight excluding hydrogens is 290 g/mol. The highest BCUT2D eigenvalue weighted by Gasteiger charge is 2.21. The zero-order valence-corrected chi connectivity index (χ0v) is 12.9. The molecule has 0 saturated carbocycles. The van der Waals surface area contributed by atoms with Gasteiger partial charge in [0, 0.05) is 6.54 Å². The third-order valence-electron chi connectivity index (χ3n) is 2.78. The standard InChI is InChI=1S/C14H19N3O3S/c1-3-8-16-14(18)11(2)17-21(19,20)10-13-7-5-4-6-12(13)9-15/h4-7,11,17H,3,8,10H2,1-2H3,(H,16,18). The second-order valence-electron chi connectivity index (χ2n) is 4.66. The van der Waals surface area contributed by atoms with Gasteiger partial charge in [-0.05, 0) is 25.0 Å². The van der Waals surface area contributed by atoms with Crippen molar-refractivity contribution in [2.45, 2.75) is 32.1 Å². The molecule has 0 radical (unpaired) electrons. The number of sulfonamides is 1. The van der Waals surface area contributed by atoms with Crippen LogP contribution in [0.2, 0.25) is 0 Å². The Balaban J connectivity index is 2.74. The summed E-state index contributed by atoms with van der Waals surface area (Å²) in [6, 6.07) is 7.58. The Bertz CT molecular complexity index is 635. The van der Waals surface area contributed by atoms with Crippen LogP contribution >= 0.6 is 0 Å². The molecule has 21 heavy (non-hydrogen) atoms. The molecule has 114 valence electrons. The fourth-order valence-corrected chi connectivity index (χ4v) is 3.12. The molecule has 6 nitrogen and oxygen atoms in total. The average Bonchev–Trinajstić information content (AvgIpc) is 2.44. The molecule has 0 aliphatic carbocycles. The van der Waals surface area contributed by atoms with Gasteiger partial charge in [-0.3, -0.25) is 4.79 Å². The van der Waals surface area contributed by atoms with E-state index >= 15 is 0 Å². The molecule has 0 saturated heterocycles. The van der Waals surface area contributed by atoms with Gasteiger partial charge in [0.25, 0.3) is 0 Å². The summed E-state index contributed by atoms with van der Waals surface area (Å²) in [4.78, 5) is 11.7. The highest BCUT2D eigenvalue weighted by Crippen LogP contribution is 2.11. The molecule has 2 N–H and O–H groups in total. The molecular formula is C14H19N3O3S. The summed E-state index contributed by atoms with van der Waals surface area (Å²) in [5.74, 6) is -0.698. The molecule has 0 aromatic heterocycles. The topological polar surface area (TPSA) is 99.1 Å². The summed E-state index contributed by atoms with van der Waals surface area (Å²) < 4.78 is 26.4. The van der Waals surface area contributed by atoms with Crippen LogP contribution in [0.15, 0.2) is 24.3 Å². The summed E-state index contributed by atoms with van der Waals surface area (Å²) in [6.45, 7) is 3.90. The number of benzene rings is 1. The number of nitriles is 1. The fraction of sp³-hybridized carbons (Fsp3) is 0.429. The van der Waals surface area contributed by atoms with Crippen molar-refractivity contribution in [3.05, 3.63) is 35.4 Å². The SMILES string of the molecule is CCCNC(=O)C(C)NS(=O)(=O)Cc1ccccc1C#N. The number of nitrogens with one attached hydrogen (secondary N) is 2. The third-order valence-corrected chi connectivity index (χ3v) is 4.19. The molecule has 0 aliphatic rings. The first-order valence-corrected chi connectivity index (χ1v) is 8.30. The van der Waals surface area contributed by atoms with Gasteiger partial charge in [-0.2, -0.15) is 5.26 Å². The zero-order chi connectivity index (χ0) is 15.9. The van der Waals surface area contributed by atoms with Crippen molar-refractivity contribution < 1.29 is 13.2 Å². The van der Waals surface area contributed by atoms with Crippen molar-refractivity contribution in [1.82, 2.24) is 10.0 Å². The van der Waals surface area contributed by atoms with Gasteiger partial charge in [-0.1, -0.05) is 25.1 Å². The summed E-state index contributed by atoms with van der Waals surface area (Å²) in [5, 5.41) is 11.6. The third kappa shape index (κ3) is 5.53. The Hall–Kier alpha value is -1.91. The van der Waals surface area contributed by atoms with Gasteiger partial charge >= 0.3 is 0 Å². The van der Waals surface area contributed by atoms with Gasteiger partial charge < -0.3 is 5.32 Å². The smallest absolute Gasteiger partial charge is 0.237 e. The number of amides is 1. The summed E-state index contributed by atoms with van der Waals surface area (Å²) >= 11 is 0. The van der Waals surface area contributed by atoms with E-state index in [2.05, 4.69) is 10.0 Å². The van der Waals surface area contributed by atoms with E-state index in [0.717, 1.165) is 6.42 Å². The Morgan fingerprint density at radius 2 is 2.05 bits per heavy atom. The predicted molar refractivity (Wildman–Crippen MR) is 79.7 cm³/mol. The van der Waals surface area contributed by atoms with Crippen molar-refractivity contribution in [2.75, 3.05) is 6.54 Å². The number of carbonyl (C=O) groups is 1. The van der Waals surface area contributed by atoms with Crippen molar-refractivity contribution in [1.29, 1.82) is 5.26 Å². The van der Waals surface area contributed by atoms with Crippen molar-refractivity contribution in [3.63, 3.8) is 0 Å². The van der Waals surface area contributed by atoms with Gasteiger partial charge in [0.15, 0.2) is 0 Å². The van der Waals surface area contributed by atoms with E-state index in [1.54, 1.807) is 24.3 Å². The average molecular weight is 309 g/mol. The van der Waals surface area contributed by atoms with Gasteiger partial charge in [0.05, 0.1) is 23.4 Å². The largest absolute Gasteiger partial charge is 0.355 e. The Morgan fingerprint density at radius 3 is 2.67 bits per heavy atom. The number of hydrogen-bond acceptors (Lipinski definition) is 4. The molecule has 0 spiro atoms. The molecule has 1 atom stereocenters. The van der Waals surface area contributed by atoms with E-state index in [1.165, 1.54) is 6.92 Å². The van der Waals surface area contributed by atoms with Crippen LogP contribution in [0.1, 0.15) is 31.4 Å². The first-order chi connectivity index (χ1) is 9.89. The maximum absolute atomic E-state index is 12.1. The van der Waals surface area contributed by atoms with E-state index in [4.69, 9.17) is 5.26 Å². The molecule has 1 aromatic rings. The maximum Gasteiger partial charge on any atom is 0.237 e. The molecule has 0 aliphatic heterocycles. The van der Waals surface area contributed by atoms with Crippen molar-refractivity contribution in [3.8, 4) is 6.07 Å². The van der Waals surface area contributed by atoms with Crippen LogP contribution in [0, 0.1) is 11.3 Å². The van der Waals surface area contributed by atoms with E-state index in [0.29, 0.717) is 17.7 Å². The minimum absolute atomic E-state index is 0.311. The second-order valence-corrected chi connectivity index (χ2v) is 6.41. The van der Waals surface area contributed by atoms with Crippen LogP contribution in [-0.2, 0) is 20.6 Å². The van der Waals surface area contributed by atoms with Gasteiger partial charge in [-0.25, -0.2) is 13.1 Å². The van der Waals surface area contributed by atoms with Crippen LogP contribution < -0.4 is 10.0 Å². The van der Waals surface area contributed by atoms with Crippen LogP contribution in [0.25, 0.3) is 0 Å². The van der Waals surface area contributed by atoms with E-state index < -0.39 is 16.1 Å². The predicted octanol–water partition coefficient (Wildman–Crippen LogP) is 0.892. The fourth-order valence-electron chi connectivity index (χ4n) is 1.73. The molecule has 1 amide bonds. The molecule has 0 heterocycles. The molecule has 1 rings (SSSR count). The number of carbonyl (C=O) groups excluding carboxylic acids is 1. The van der Waals surface area contributed by atoms with Gasteiger partial charge in [0.1, 0.15) is 0 Å². The summed E-state index contributed by atoms with van der Waals surface area (Å²) in [5.41, 5.74) is 0.722. The first-order valence-electron chi connectivity index (χ1n) is 6.65. The number of nitrogens with zero attached hydrogens (tertiary/aromatic N) is 1. The molecule has 0 bridgehead atoms. The summed E-state index contributed by atoms with van der Waals surface area (Å²) in [6.07, 6.45) is 0.779. The molecule has 0 fully saturated rings. The Kier molecular flexibility index (Phi) is 6.34.